The number of rotatable bonds is 6. The molecule has 1 fully saturated rings. The first-order valence-corrected chi connectivity index (χ1v) is 10.3. The van der Waals surface area contributed by atoms with E-state index in [1.165, 1.54) is 5.69 Å². The van der Waals surface area contributed by atoms with Gasteiger partial charge in [0.05, 0.1) is 7.11 Å². The number of ether oxygens (including phenoxy) is 1. The molecule has 0 radical (unpaired) electrons. The highest BCUT2D eigenvalue weighted by molar-refractivity contribution is 6.39. The number of hydrogen-bond donors (Lipinski definition) is 2. The van der Waals surface area contributed by atoms with Crippen molar-refractivity contribution in [2.75, 3.05) is 56.6 Å². The molecule has 0 atom stereocenters. The zero-order valence-corrected chi connectivity index (χ0v) is 18.0. The average molecular weight is 431 g/mol. The summed E-state index contributed by atoms with van der Waals surface area (Å²) >= 11 is 6.04. The number of halogens is 1. The van der Waals surface area contributed by atoms with Gasteiger partial charge in [0.1, 0.15) is 5.75 Å². The van der Waals surface area contributed by atoms with Crippen molar-refractivity contribution in [3.63, 3.8) is 0 Å². The van der Waals surface area contributed by atoms with Gasteiger partial charge >= 0.3 is 11.8 Å². The summed E-state index contributed by atoms with van der Waals surface area (Å²) in [5.74, 6) is -0.495. The van der Waals surface area contributed by atoms with Crippen LogP contribution < -0.4 is 20.3 Å². The molecular formula is C22H27ClN4O3. The number of nitrogens with zero attached hydrogens (tertiary/aromatic N) is 2. The van der Waals surface area contributed by atoms with E-state index in [1.807, 2.05) is 19.1 Å². The van der Waals surface area contributed by atoms with E-state index >= 15 is 0 Å². The van der Waals surface area contributed by atoms with Crippen molar-refractivity contribution < 1.29 is 14.3 Å². The van der Waals surface area contributed by atoms with Crippen LogP contribution in [0, 0.1) is 6.92 Å². The first-order chi connectivity index (χ1) is 14.5. The Bertz CT molecular complexity index is 880. The van der Waals surface area contributed by atoms with Gasteiger partial charge in [-0.05, 0) is 48.9 Å². The van der Waals surface area contributed by atoms with E-state index in [4.69, 9.17) is 16.3 Å². The summed E-state index contributed by atoms with van der Waals surface area (Å²) in [6.45, 7) is 6.61. The van der Waals surface area contributed by atoms with Crippen molar-refractivity contribution >= 4 is 34.8 Å². The SMILES string of the molecule is COc1ccc(N2CCN(CCNC(=O)C(=O)Nc3ccc(C)c(Cl)c3)CC2)cc1. The lowest BCUT2D eigenvalue weighted by Crippen LogP contribution is -2.49. The molecule has 2 aromatic carbocycles. The third kappa shape index (κ3) is 5.87. The number of amides is 2. The quantitative estimate of drug-likeness (QED) is 0.689. The van der Waals surface area contributed by atoms with Crippen LogP contribution in [0.3, 0.4) is 0 Å². The Morgan fingerprint density at radius 3 is 2.37 bits per heavy atom. The van der Waals surface area contributed by atoms with Crippen LogP contribution in [0.2, 0.25) is 5.02 Å². The minimum absolute atomic E-state index is 0.420. The molecule has 0 unspecified atom stereocenters. The lowest BCUT2D eigenvalue weighted by molar-refractivity contribution is -0.136. The number of hydrogen-bond acceptors (Lipinski definition) is 5. The fraction of sp³-hybridized carbons (Fsp3) is 0.364. The van der Waals surface area contributed by atoms with Crippen LogP contribution in [0.1, 0.15) is 5.56 Å². The van der Waals surface area contributed by atoms with E-state index in [0.717, 1.165) is 37.5 Å². The number of carbonyl (C=O) groups is 2. The fourth-order valence-corrected chi connectivity index (χ4v) is 3.47. The maximum Gasteiger partial charge on any atom is 0.313 e. The number of benzene rings is 2. The molecule has 2 aromatic rings. The van der Waals surface area contributed by atoms with Gasteiger partial charge in [-0.25, -0.2) is 0 Å². The normalized spacial score (nSPS) is 14.3. The van der Waals surface area contributed by atoms with Crippen molar-refractivity contribution in [3.8, 4) is 5.75 Å². The molecule has 1 heterocycles. The molecule has 0 saturated carbocycles. The Balaban J connectivity index is 1.37. The molecule has 0 spiro atoms. The number of carbonyl (C=O) groups excluding carboxylic acids is 2. The summed E-state index contributed by atoms with van der Waals surface area (Å²) in [4.78, 5) is 28.7. The summed E-state index contributed by atoms with van der Waals surface area (Å²) < 4.78 is 5.20. The topological polar surface area (TPSA) is 73.9 Å². The van der Waals surface area contributed by atoms with Crippen LogP contribution in [0.15, 0.2) is 42.5 Å². The summed E-state index contributed by atoms with van der Waals surface area (Å²) in [6, 6.07) is 13.2. The van der Waals surface area contributed by atoms with Crippen LogP contribution in [-0.2, 0) is 9.59 Å². The van der Waals surface area contributed by atoms with Gasteiger partial charge in [-0.3, -0.25) is 14.5 Å². The first kappa shape index (κ1) is 21.9. The van der Waals surface area contributed by atoms with E-state index in [1.54, 1.807) is 25.3 Å². The Morgan fingerprint density at radius 1 is 1.03 bits per heavy atom. The van der Waals surface area contributed by atoms with Crippen molar-refractivity contribution in [1.29, 1.82) is 0 Å². The lowest BCUT2D eigenvalue weighted by Gasteiger charge is -2.36. The molecule has 1 aliphatic heterocycles. The minimum Gasteiger partial charge on any atom is -0.497 e. The van der Waals surface area contributed by atoms with E-state index in [-0.39, 0.29) is 0 Å². The Hall–Kier alpha value is -2.77. The summed E-state index contributed by atoms with van der Waals surface area (Å²) in [7, 11) is 1.66. The predicted molar refractivity (Wildman–Crippen MR) is 119 cm³/mol. The summed E-state index contributed by atoms with van der Waals surface area (Å²) in [5.41, 5.74) is 2.59. The number of aryl methyl sites for hydroxylation is 1. The fourth-order valence-electron chi connectivity index (χ4n) is 3.29. The molecule has 1 saturated heterocycles. The minimum atomic E-state index is -0.695. The second kappa shape index (κ2) is 10.3. The van der Waals surface area contributed by atoms with Crippen LogP contribution in [0.4, 0.5) is 11.4 Å². The lowest BCUT2D eigenvalue weighted by atomic mass is 10.2. The van der Waals surface area contributed by atoms with E-state index < -0.39 is 11.8 Å². The van der Waals surface area contributed by atoms with Gasteiger partial charge in [0.2, 0.25) is 0 Å². The van der Waals surface area contributed by atoms with Crippen molar-refractivity contribution in [1.82, 2.24) is 10.2 Å². The van der Waals surface area contributed by atoms with Gasteiger partial charge in [0.15, 0.2) is 0 Å². The van der Waals surface area contributed by atoms with E-state index in [2.05, 4.69) is 32.6 Å². The zero-order chi connectivity index (χ0) is 21.5. The van der Waals surface area contributed by atoms with Crippen LogP contribution in [0.25, 0.3) is 0 Å². The molecular weight excluding hydrogens is 404 g/mol. The van der Waals surface area contributed by atoms with Gasteiger partial charge in [0, 0.05) is 55.7 Å². The molecule has 7 nitrogen and oxygen atoms in total. The number of nitrogens with one attached hydrogen (secondary N) is 2. The molecule has 0 bridgehead atoms. The van der Waals surface area contributed by atoms with Crippen LogP contribution in [0.5, 0.6) is 5.75 Å². The molecule has 0 aliphatic carbocycles. The maximum atomic E-state index is 12.0. The monoisotopic (exact) mass is 430 g/mol. The van der Waals surface area contributed by atoms with Gasteiger partial charge in [-0.1, -0.05) is 17.7 Å². The maximum absolute atomic E-state index is 12.0. The highest BCUT2D eigenvalue weighted by Crippen LogP contribution is 2.21. The molecule has 160 valence electrons. The van der Waals surface area contributed by atoms with Gasteiger partial charge < -0.3 is 20.3 Å². The number of anilines is 2. The second-order valence-electron chi connectivity index (χ2n) is 7.20. The molecule has 1 aliphatic rings. The van der Waals surface area contributed by atoms with E-state index in [0.29, 0.717) is 23.8 Å². The zero-order valence-electron chi connectivity index (χ0n) is 17.3. The molecule has 2 N–H and O–H groups in total. The number of methoxy groups -OCH3 is 1. The molecule has 8 heteroatoms. The number of piperazine rings is 1. The third-order valence-electron chi connectivity index (χ3n) is 5.16. The molecule has 30 heavy (non-hydrogen) atoms. The third-order valence-corrected chi connectivity index (χ3v) is 5.57. The highest BCUT2D eigenvalue weighted by Gasteiger charge is 2.18. The molecule has 0 aromatic heterocycles. The van der Waals surface area contributed by atoms with Gasteiger partial charge in [-0.15, -0.1) is 0 Å². The van der Waals surface area contributed by atoms with E-state index in [9.17, 15) is 9.59 Å². The predicted octanol–water partition coefficient (Wildman–Crippen LogP) is 2.53. The molecule has 2 amide bonds. The van der Waals surface area contributed by atoms with Crippen LogP contribution in [-0.4, -0.2) is 63.1 Å². The van der Waals surface area contributed by atoms with Crippen molar-refractivity contribution in [3.05, 3.63) is 53.1 Å². The van der Waals surface area contributed by atoms with Gasteiger partial charge in [-0.2, -0.15) is 0 Å². The van der Waals surface area contributed by atoms with Crippen molar-refractivity contribution in [2.24, 2.45) is 0 Å². The summed E-state index contributed by atoms with van der Waals surface area (Å²) in [6.07, 6.45) is 0. The standard InChI is InChI=1S/C22H27ClN4O3/c1-16-3-4-17(15-20(16)23)25-22(29)21(28)24-9-10-26-11-13-27(14-12-26)18-5-7-19(30-2)8-6-18/h3-8,15H,9-14H2,1-2H3,(H,24,28)(H,25,29). The highest BCUT2D eigenvalue weighted by atomic mass is 35.5. The summed E-state index contributed by atoms with van der Waals surface area (Å²) in [5, 5.41) is 5.79. The smallest absolute Gasteiger partial charge is 0.313 e. The largest absolute Gasteiger partial charge is 0.497 e. The Labute approximate surface area is 181 Å². The first-order valence-electron chi connectivity index (χ1n) is 9.93. The van der Waals surface area contributed by atoms with Gasteiger partial charge in [0.25, 0.3) is 0 Å². The Kier molecular flexibility index (Phi) is 7.54. The van der Waals surface area contributed by atoms with Crippen molar-refractivity contribution in [2.45, 2.75) is 6.92 Å². The average Bonchev–Trinajstić information content (AvgIpc) is 2.77. The second-order valence-corrected chi connectivity index (χ2v) is 7.61. The Morgan fingerprint density at radius 2 is 1.73 bits per heavy atom. The molecule has 3 rings (SSSR count). The van der Waals surface area contributed by atoms with Crippen LogP contribution >= 0.6 is 11.6 Å².